The molecule has 0 saturated carbocycles. The third kappa shape index (κ3) is 5.92. The molecule has 1 unspecified atom stereocenters. The topological polar surface area (TPSA) is 52.3 Å². The highest BCUT2D eigenvalue weighted by Crippen LogP contribution is 2.14. The lowest BCUT2D eigenvalue weighted by molar-refractivity contribution is -0.108. The van der Waals surface area contributed by atoms with Crippen LogP contribution in [0, 0.1) is 0 Å². The summed E-state index contributed by atoms with van der Waals surface area (Å²) in [4.78, 5) is 11.1. The normalized spacial score (nSPS) is 13.9. The van der Waals surface area contributed by atoms with Crippen LogP contribution in [-0.4, -0.2) is 17.9 Å². The number of allylic oxidation sites excluding steroid dienone is 3. The molecule has 2 N–H and O–H groups in total. The van der Waals surface area contributed by atoms with E-state index in [1.807, 2.05) is 4.08 Å². The molecule has 90 valence electrons. The average Bonchev–Trinajstić information content (AvgIpc) is 2.27. The van der Waals surface area contributed by atoms with E-state index in [1.165, 1.54) is 0 Å². The Morgan fingerprint density at radius 1 is 1.62 bits per heavy atom. The van der Waals surface area contributed by atoms with Crippen LogP contribution in [0.25, 0.3) is 0 Å². The van der Waals surface area contributed by atoms with Crippen molar-refractivity contribution in [2.24, 2.45) is 5.73 Å². The van der Waals surface area contributed by atoms with Crippen LogP contribution in [0.2, 0.25) is 0 Å². The molecule has 0 rings (SSSR count). The summed E-state index contributed by atoms with van der Waals surface area (Å²) >= 11 is 6.14. The van der Waals surface area contributed by atoms with Crippen molar-refractivity contribution in [3.8, 4) is 0 Å². The van der Waals surface area contributed by atoms with Crippen LogP contribution in [0.3, 0.4) is 0 Å². The summed E-state index contributed by atoms with van der Waals surface area (Å²) in [6.07, 6.45) is 3.52. The molecule has 1 atom stereocenters. The average molecular weight is 371 g/mol. The molecule has 0 aromatic carbocycles. The Morgan fingerprint density at radius 3 is 2.69 bits per heavy atom. The zero-order valence-corrected chi connectivity index (χ0v) is 13.1. The van der Waals surface area contributed by atoms with Crippen molar-refractivity contribution in [1.82, 2.24) is 0 Å². The molecule has 0 amide bonds. The minimum atomic E-state index is -0.142. The number of nitrogens with two attached hydrogens (primary N) is 1. The second-order valence-corrected chi connectivity index (χ2v) is 4.52. The van der Waals surface area contributed by atoms with Crippen LogP contribution < -0.4 is 5.73 Å². The van der Waals surface area contributed by atoms with E-state index in [0.29, 0.717) is 29.4 Å². The van der Waals surface area contributed by atoms with Gasteiger partial charge in [-0.1, -0.05) is 37.9 Å². The van der Waals surface area contributed by atoms with Crippen LogP contribution >= 0.6 is 44.5 Å². The highest BCUT2D eigenvalue weighted by molar-refractivity contribution is 14.1. The first-order valence-electron chi connectivity index (χ1n) is 4.51. The van der Waals surface area contributed by atoms with Gasteiger partial charge in [0.05, 0.1) is 12.3 Å². The number of halogens is 1. The summed E-state index contributed by atoms with van der Waals surface area (Å²) in [6.45, 7) is 2.11. The molecule has 16 heavy (non-hydrogen) atoms. The fourth-order valence-electron chi connectivity index (χ4n) is 0.813. The molecule has 0 spiro atoms. The van der Waals surface area contributed by atoms with Crippen molar-refractivity contribution < 1.29 is 9.53 Å². The fourth-order valence-corrected chi connectivity index (χ4v) is 1.27. The van der Waals surface area contributed by atoms with E-state index in [9.17, 15) is 4.79 Å². The van der Waals surface area contributed by atoms with E-state index in [4.69, 9.17) is 10.5 Å². The summed E-state index contributed by atoms with van der Waals surface area (Å²) in [6, 6.07) is 0. The van der Waals surface area contributed by atoms with Crippen LogP contribution in [0.15, 0.2) is 33.3 Å². The molecule has 0 aromatic heterocycles. The van der Waals surface area contributed by atoms with Gasteiger partial charge in [-0.25, -0.2) is 0 Å². The highest BCUT2D eigenvalue weighted by atomic mass is 127. The second kappa shape index (κ2) is 9.07. The maximum atomic E-state index is 11.1. The largest absolute Gasteiger partial charge is 0.491 e. The number of carbonyl (C=O) groups excluding carboxylic acids is 1. The Morgan fingerprint density at radius 2 is 2.25 bits per heavy atom. The van der Waals surface area contributed by atoms with E-state index in [0.717, 1.165) is 0 Å². The number of hydrogen-bond donors (Lipinski definition) is 2. The summed E-state index contributed by atoms with van der Waals surface area (Å²) in [5.74, 6) is 1.09. The predicted octanol–water partition coefficient (Wildman–Crippen LogP) is 2.40. The smallest absolute Gasteiger partial charge is 0.175 e. The first-order chi connectivity index (χ1) is 7.54. The third-order valence-corrected chi connectivity index (χ3v) is 2.74. The van der Waals surface area contributed by atoms with Gasteiger partial charge in [-0.05, 0) is 17.1 Å². The lowest BCUT2D eigenvalue weighted by atomic mass is 10.2. The van der Waals surface area contributed by atoms with Crippen molar-refractivity contribution >= 4 is 50.0 Å². The molecule has 6 heteroatoms. The number of rotatable bonds is 6. The van der Waals surface area contributed by atoms with E-state index >= 15 is 0 Å². The van der Waals surface area contributed by atoms with Gasteiger partial charge >= 0.3 is 0 Å². The fraction of sp³-hybridized carbons (Fsp3) is 0.300. The monoisotopic (exact) mass is 371 g/mol. The van der Waals surface area contributed by atoms with Gasteiger partial charge in [-0.2, -0.15) is 12.6 Å². The maximum absolute atomic E-state index is 11.1. The third-order valence-electron chi connectivity index (χ3n) is 1.71. The first kappa shape index (κ1) is 16.0. The molecule has 3 nitrogen and oxygen atoms in total. The molecule has 0 aliphatic carbocycles. The first-order valence-corrected chi connectivity index (χ1v) is 6.97. The zero-order chi connectivity index (χ0) is 12.6. The van der Waals surface area contributed by atoms with Gasteiger partial charge in [-0.3, -0.25) is 4.79 Å². The van der Waals surface area contributed by atoms with Crippen molar-refractivity contribution in [2.45, 2.75) is 6.92 Å². The molecule has 0 saturated heterocycles. The van der Waals surface area contributed by atoms with Gasteiger partial charge in [0, 0.05) is 11.3 Å². The van der Waals surface area contributed by atoms with Crippen LogP contribution in [0.1, 0.15) is 6.92 Å². The van der Waals surface area contributed by atoms with Crippen molar-refractivity contribution in [3.63, 3.8) is 0 Å². The van der Waals surface area contributed by atoms with Gasteiger partial charge in [0.25, 0.3) is 0 Å². The summed E-state index contributed by atoms with van der Waals surface area (Å²) < 4.78 is 7.24. The summed E-state index contributed by atoms with van der Waals surface area (Å²) in [5.41, 5.74) is 6.52. The minimum absolute atomic E-state index is 0.142. The number of hydrogen-bond acceptors (Lipinski definition) is 4. The van der Waals surface area contributed by atoms with Crippen molar-refractivity contribution in [1.29, 1.82) is 0 Å². The number of ether oxygens (including phenoxy) is 1. The second-order valence-electron chi connectivity index (χ2n) is 2.82. The molecule has 0 aromatic rings. The van der Waals surface area contributed by atoms with E-state index in [-0.39, 0.29) is 5.52 Å². The number of thiol groups is 1. The lowest BCUT2D eigenvalue weighted by Gasteiger charge is -2.11. The maximum Gasteiger partial charge on any atom is 0.175 e. The quantitative estimate of drug-likeness (QED) is 0.188. The molecule has 0 heterocycles. The summed E-state index contributed by atoms with van der Waals surface area (Å²) in [7, 11) is 2.09. The molecule has 0 radical (unpaired) electrons. The van der Waals surface area contributed by atoms with Crippen molar-refractivity contribution in [3.05, 3.63) is 33.3 Å². The van der Waals surface area contributed by atoms with Crippen molar-refractivity contribution in [2.75, 3.05) is 12.4 Å². The summed E-state index contributed by atoms with van der Waals surface area (Å²) in [5, 5.41) is 0. The Balaban J connectivity index is 5.03. The minimum Gasteiger partial charge on any atom is -0.491 e. The van der Waals surface area contributed by atoms with E-state index < -0.39 is 0 Å². The molecule has 0 bridgehead atoms. The molecule has 0 fully saturated rings. The Hall–Kier alpha value is -0.000000000000000167. The predicted molar refractivity (Wildman–Crippen MR) is 82.7 cm³/mol. The highest BCUT2D eigenvalue weighted by Gasteiger charge is 2.09. The molecular weight excluding hydrogens is 356 g/mol. The van der Waals surface area contributed by atoms with Gasteiger partial charge in [0.15, 0.2) is 5.52 Å². The Bertz CT molecular complexity index is 340. The van der Waals surface area contributed by atoms with Gasteiger partial charge in [0.2, 0.25) is 0 Å². The standard InChI is InChI=1S/C10H15INO2PS/c1-7(10(13)15)9(12)8(3-2-4-11)14-5-6-16/h2-4,16H,5-6,12,15H2,1H3/b4-2+,8-3+,9-7-. The lowest BCUT2D eigenvalue weighted by Crippen LogP contribution is -2.11. The molecule has 0 aliphatic heterocycles. The molecular formula is C10H15INO2PS. The molecule has 0 aliphatic rings. The Kier molecular flexibility index (Phi) is 9.07. The van der Waals surface area contributed by atoms with Crippen LogP contribution in [0.4, 0.5) is 0 Å². The van der Waals surface area contributed by atoms with Gasteiger partial charge in [0.1, 0.15) is 5.76 Å². The Labute approximate surface area is 117 Å². The van der Waals surface area contributed by atoms with Crippen LogP contribution in [-0.2, 0) is 9.53 Å². The SMILES string of the molecule is C\C(C(=O)P)=C(N)/C(=C\C=C\I)OCCS. The van der Waals surface area contributed by atoms with Gasteiger partial charge in [-0.15, -0.1) is 0 Å². The van der Waals surface area contributed by atoms with E-state index in [1.54, 1.807) is 19.1 Å². The zero-order valence-electron chi connectivity index (χ0n) is 8.94. The van der Waals surface area contributed by atoms with E-state index in [2.05, 4.69) is 44.5 Å². The number of carbonyl (C=O) groups is 1. The van der Waals surface area contributed by atoms with Gasteiger partial charge < -0.3 is 10.5 Å². The van der Waals surface area contributed by atoms with Crippen LogP contribution in [0.5, 0.6) is 0 Å².